The fourth-order valence-corrected chi connectivity index (χ4v) is 0.955. The van der Waals surface area contributed by atoms with Gasteiger partial charge in [0.25, 0.3) is 0 Å². The molecule has 2 atom stereocenters. The van der Waals surface area contributed by atoms with Crippen LogP contribution in [0.2, 0.25) is 0 Å². The summed E-state index contributed by atoms with van der Waals surface area (Å²) in [5, 5.41) is 13.6. The number of amides is 1. The van der Waals surface area contributed by atoms with E-state index in [1.807, 2.05) is 13.8 Å². The zero-order valence-electron chi connectivity index (χ0n) is 10.1. The first kappa shape index (κ1) is 16.2. The van der Waals surface area contributed by atoms with Gasteiger partial charge in [-0.2, -0.15) is 13.2 Å². The van der Waals surface area contributed by atoms with E-state index in [4.69, 9.17) is 5.11 Å². The van der Waals surface area contributed by atoms with Crippen LogP contribution in [-0.4, -0.2) is 42.4 Å². The number of halogens is 3. The average molecular weight is 256 g/mol. The van der Waals surface area contributed by atoms with Crippen LogP contribution in [0.3, 0.4) is 0 Å². The molecule has 0 bridgehead atoms. The van der Waals surface area contributed by atoms with E-state index in [2.05, 4.69) is 10.6 Å². The Bertz CT molecular complexity index is 244. The Hall–Kier alpha value is -0.820. The number of nitrogens with one attached hydrogen (secondary N) is 2. The van der Waals surface area contributed by atoms with Crippen LogP contribution in [0.5, 0.6) is 0 Å². The van der Waals surface area contributed by atoms with Crippen molar-refractivity contribution in [2.75, 3.05) is 13.1 Å². The molecule has 3 N–H and O–H groups in total. The summed E-state index contributed by atoms with van der Waals surface area (Å²) in [4.78, 5) is 11.4. The van der Waals surface area contributed by atoms with Gasteiger partial charge in [-0.25, -0.2) is 0 Å². The van der Waals surface area contributed by atoms with Crippen molar-refractivity contribution in [3.05, 3.63) is 0 Å². The van der Waals surface area contributed by atoms with E-state index in [0.29, 0.717) is 6.54 Å². The number of carbonyl (C=O) groups excluding carboxylic acids is 1. The molecule has 0 saturated heterocycles. The molecule has 0 spiro atoms. The highest BCUT2D eigenvalue weighted by atomic mass is 19.4. The molecule has 0 radical (unpaired) electrons. The van der Waals surface area contributed by atoms with Crippen molar-refractivity contribution >= 4 is 5.91 Å². The number of rotatable bonds is 6. The highest BCUT2D eigenvalue weighted by molar-refractivity contribution is 5.81. The maximum absolute atomic E-state index is 12.0. The SMILES string of the molecule is CC(C)CNC(=O)C(C)NCC(O)C(F)(F)F. The number of aliphatic hydroxyl groups is 1. The van der Waals surface area contributed by atoms with Gasteiger partial charge in [-0.05, 0) is 12.8 Å². The standard InChI is InChI=1S/C10H19F3N2O2/c1-6(2)4-15-9(17)7(3)14-5-8(16)10(11,12)13/h6-8,14,16H,4-5H2,1-3H3,(H,15,17). The molecule has 0 aromatic heterocycles. The lowest BCUT2D eigenvalue weighted by Crippen LogP contribution is -2.48. The molecule has 2 unspecified atom stereocenters. The van der Waals surface area contributed by atoms with Crippen molar-refractivity contribution in [2.45, 2.75) is 39.1 Å². The van der Waals surface area contributed by atoms with Crippen molar-refractivity contribution in [3.63, 3.8) is 0 Å². The van der Waals surface area contributed by atoms with Crippen LogP contribution in [0, 0.1) is 5.92 Å². The first-order valence-corrected chi connectivity index (χ1v) is 5.40. The van der Waals surface area contributed by atoms with Crippen molar-refractivity contribution in [3.8, 4) is 0 Å². The van der Waals surface area contributed by atoms with Gasteiger partial charge in [0.1, 0.15) is 0 Å². The monoisotopic (exact) mass is 256 g/mol. The molecule has 102 valence electrons. The molecule has 0 aromatic carbocycles. The number of alkyl halides is 3. The van der Waals surface area contributed by atoms with Crippen molar-refractivity contribution in [1.82, 2.24) is 10.6 Å². The highest BCUT2D eigenvalue weighted by Gasteiger charge is 2.38. The zero-order chi connectivity index (χ0) is 13.6. The fraction of sp³-hybridized carbons (Fsp3) is 0.900. The molecule has 0 rings (SSSR count). The summed E-state index contributed by atoms with van der Waals surface area (Å²) >= 11 is 0. The Morgan fingerprint density at radius 1 is 1.24 bits per heavy atom. The summed E-state index contributed by atoms with van der Waals surface area (Å²) in [7, 11) is 0. The lowest BCUT2D eigenvalue weighted by Gasteiger charge is -2.19. The predicted molar refractivity (Wildman–Crippen MR) is 57.4 cm³/mol. The summed E-state index contributed by atoms with van der Waals surface area (Å²) in [6.07, 6.45) is -7.12. The molecule has 1 amide bonds. The van der Waals surface area contributed by atoms with Gasteiger partial charge >= 0.3 is 6.18 Å². The van der Waals surface area contributed by atoms with Crippen LogP contribution in [-0.2, 0) is 4.79 Å². The average Bonchev–Trinajstić information content (AvgIpc) is 2.20. The molecular weight excluding hydrogens is 237 g/mol. The summed E-state index contributed by atoms with van der Waals surface area (Å²) in [6, 6.07) is -0.772. The largest absolute Gasteiger partial charge is 0.415 e. The molecule has 0 aliphatic heterocycles. The van der Waals surface area contributed by atoms with Crippen LogP contribution >= 0.6 is 0 Å². The van der Waals surface area contributed by atoms with E-state index < -0.39 is 24.9 Å². The third-order valence-corrected chi connectivity index (χ3v) is 2.07. The molecule has 0 fully saturated rings. The molecule has 0 aliphatic rings. The second-order valence-corrected chi connectivity index (χ2v) is 4.33. The summed E-state index contributed by atoms with van der Waals surface area (Å²) in [6.45, 7) is 5.03. The Labute approximate surface area is 98.6 Å². The van der Waals surface area contributed by atoms with E-state index in [1.54, 1.807) is 0 Å². The highest BCUT2D eigenvalue weighted by Crippen LogP contribution is 2.19. The number of hydrogen-bond acceptors (Lipinski definition) is 3. The zero-order valence-corrected chi connectivity index (χ0v) is 10.1. The summed E-state index contributed by atoms with van der Waals surface area (Å²) in [5.74, 6) is -0.111. The minimum absolute atomic E-state index is 0.270. The molecule has 0 heterocycles. The fourth-order valence-electron chi connectivity index (χ4n) is 0.955. The molecule has 17 heavy (non-hydrogen) atoms. The molecular formula is C10H19F3N2O2. The second-order valence-electron chi connectivity index (χ2n) is 4.33. The lowest BCUT2D eigenvalue weighted by molar-refractivity contribution is -0.202. The number of carbonyl (C=O) groups is 1. The number of hydrogen-bond donors (Lipinski definition) is 3. The second kappa shape index (κ2) is 6.80. The van der Waals surface area contributed by atoms with Gasteiger partial charge in [-0.1, -0.05) is 13.8 Å². The van der Waals surface area contributed by atoms with E-state index in [-0.39, 0.29) is 11.8 Å². The minimum Gasteiger partial charge on any atom is -0.382 e. The van der Waals surface area contributed by atoms with Gasteiger partial charge < -0.3 is 15.7 Å². The predicted octanol–water partition coefficient (Wildman–Crippen LogP) is 0.660. The van der Waals surface area contributed by atoms with Gasteiger partial charge in [-0.3, -0.25) is 4.79 Å². The third-order valence-electron chi connectivity index (χ3n) is 2.07. The smallest absolute Gasteiger partial charge is 0.382 e. The summed E-state index contributed by atoms with van der Waals surface area (Å²) in [5.41, 5.74) is 0. The third kappa shape index (κ3) is 7.17. The van der Waals surface area contributed by atoms with Crippen LogP contribution in [0.25, 0.3) is 0 Å². The maximum Gasteiger partial charge on any atom is 0.415 e. The van der Waals surface area contributed by atoms with Crippen molar-refractivity contribution in [1.29, 1.82) is 0 Å². The summed E-state index contributed by atoms with van der Waals surface area (Å²) < 4.78 is 35.9. The van der Waals surface area contributed by atoms with Gasteiger partial charge in [0, 0.05) is 13.1 Å². The van der Waals surface area contributed by atoms with Gasteiger partial charge in [0.2, 0.25) is 5.91 Å². The van der Waals surface area contributed by atoms with Gasteiger partial charge in [0.15, 0.2) is 6.10 Å². The Balaban J connectivity index is 3.93. The van der Waals surface area contributed by atoms with Gasteiger partial charge in [0.05, 0.1) is 6.04 Å². The molecule has 0 saturated carbocycles. The van der Waals surface area contributed by atoms with Crippen LogP contribution < -0.4 is 10.6 Å². The van der Waals surface area contributed by atoms with E-state index in [1.165, 1.54) is 6.92 Å². The first-order chi connectivity index (χ1) is 7.64. The quantitative estimate of drug-likeness (QED) is 0.654. The maximum atomic E-state index is 12.0. The van der Waals surface area contributed by atoms with Crippen molar-refractivity contribution < 1.29 is 23.1 Å². The minimum atomic E-state index is -4.67. The van der Waals surface area contributed by atoms with Crippen molar-refractivity contribution in [2.24, 2.45) is 5.92 Å². The van der Waals surface area contributed by atoms with Crippen LogP contribution in [0.15, 0.2) is 0 Å². The topological polar surface area (TPSA) is 61.4 Å². The van der Waals surface area contributed by atoms with Gasteiger partial charge in [-0.15, -0.1) is 0 Å². The molecule has 4 nitrogen and oxygen atoms in total. The van der Waals surface area contributed by atoms with E-state index >= 15 is 0 Å². The molecule has 7 heteroatoms. The Morgan fingerprint density at radius 2 is 1.76 bits per heavy atom. The molecule has 0 aromatic rings. The van der Waals surface area contributed by atoms with E-state index in [9.17, 15) is 18.0 Å². The Morgan fingerprint density at radius 3 is 2.18 bits per heavy atom. The molecule has 0 aliphatic carbocycles. The first-order valence-electron chi connectivity index (χ1n) is 5.40. The van der Waals surface area contributed by atoms with Crippen LogP contribution in [0.4, 0.5) is 13.2 Å². The Kier molecular flexibility index (Phi) is 6.48. The van der Waals surface area contributed by atoms with Crippen LogP contribution in [0.1, 0.15) is 20.8 Å². The number of aliphatic hydroxyl groups excluding tert-OH is 1. The van der Waals surface area contributed by atoms with E-state index in [0.717, 1.165) is 0 Å². The lowest BCUT2D eigenvalue weighted by atomic mass is 10.2. The normalized spacial score (nSPS) is 15.8.